The van der Waals surface area contributed by atoms with Crippen LogP contribution in [0.4, 0.5) is 0 Å². The van der Waals surface area contributed by atoms with Crippen LogP contribution in [0, 0.1) is 36.5 Å². The lowest BCUT2D eigenvalue weighted by Gasteiger charge is -2.14. The number of hydrogen-bond donors (Lipinski definition) is 0. The first-order valence-corrected chi connectivity index (χ1v) is 9.09. The Bertz CT molecular complexity index is 451. The zero-order valence-corrected chi connectivity index (χ0v) is 13.8. The maximum absolute atomic E-state index is 4.00. The van der Waals surface area contributed by atoms with Gasteiger partial charge in [-0.05, 0) is 83.3 Å². The van der Waals surface area contributed by atoms with Crippen LogP contribution in [0.25, 0.3) is 0 Å². The van der Waals surface area contributed by atoms with Crippen LogP contribution < -0.4 is 0 Å². The van der Waals surface area contributed by atoms with E-state index < -0.39 is 0 Å². The smallest absolute Gasteiger partial charge is 0.0704 e. The van der Waals surface area contributed by atoms with Gasteiger partial charge in [-0.15, -0.1) is 11.3 Å². The van der Waals surface area contributed by atoms with Crippen LogP contribution in [0.15, 0.2) is 9.85 Å². The Morgan fingerprint density at radius 1 is 1.29 bits per heavy atom. The average Bonchev–Trinajstić information content (AvgIpc) is 2.59. The molecule has 5 atom stereocenters. The molecule has 0 saturated heterocycles. The molecular weight excluding hydrogens is 360 g/mol. The van der Waals surface area contributed by atoms with Crippen molar-refractivity contribution in [3.8, 4) is 0 Å². The number of fused-ring (bicyclic) bond motifs is 5. The molecule has 4 rings (SSSR count). The van der Waals surface area contributed by atoms with Gasteiger partial charge in [0.1, 0.15) is 0 Å². The van der Waals surface area contributed by atoms with E-state index in [-0.39, 0.29) is 0 Å². The van der Waals surface area contributed by atoms with E-state index in [1.54, 1.807) is 12.0 Å². The molecule has 0 spiro atoms. The molecule has 1 heterocycles. The van der Waals surface area contributed by atoms with Gasteiger partial charge in [0.2, 0.25) is 0 Å². The Morgan fingerprint density at radius 3 is 2.47 bits per heavy atom. The summed E-state index contributed by atoms with van der Waals surface area (Å²) in [6.07, 6.45) is 4.60. The van der Waals surface area contributed by atoms with Gasteiger partial charge in [0.15, 0.2) is 0 Å². The van der Waals surface area contributed by atoms with Gasteiger partial charge >= 0.3 is 0 Å². The number of aryl methyl sites for hydroxylation is 1. The zero-order valence-electron chi connectivity index (χ0n) is 9.83. The summed E-state index contributed by atoms with van der Waals surface area (Å²) in [6, 6.07) is 2.33. The first kappa shape index (κ1) is 11.5. The molecule has 3 heteroatoms. The second-order valence-electron chi connectivity index (χ2n) is 6.03. The predicted octanol–water partition coefficient (Wildman–Crippen LogP) is 5.55. The number of hydrogen-bond acceptors (Lipinski definition) is 1. The summed E-state index contributed by atoms with van der Waals surface area (Å²) in [5.74, 6) is 5.24. The first-order chi connectivity index (χ1) is 8.16. The van der Waals surface area contributed by atoms with Crippen molar-refractivity contribution in [2.75, 3.05) is 0 Å². The van der Waals surface area contributed by atoms with E-state index in [2.05, 4.69) is 44.8 Å². The Balaban J connectivity index is 1.59. The minimum Gasteiger partial charge on any atom is -0.133 e. The zero-order chi connectivity index (χ0) is 11.7. The lowest BCUT2D eigenvalue weighted by atomic mass is 9.97. The van der Waals surface area contributed by atoms with Crippen molar-refractivity contribution in [2.24, 2.45) is 29.6 Å². The van der Waals surface area contributed by atoms with Crippen LogP contribution >= 0.6 is 43.2 Å². The van der Waals surface area contributed by atoms with E-state index in [0.29, 0.717) is 4.83 Å². The summed E-state index contributed by atoms with van der Waals surface area (Å²) < 4.78 is 1.28. The van der Waals surface area contributed by atoms with Crippen LogP contribution in [0.2, 0.25) is 0 Å². The second-order valence-corrected chi connectivity index (χ2v) is 9.65. The monoisotopic (exact) mass is 374 g/mol. The van der Waals surface area contributed by atoms with Crippen LogP contribution in [-0.4, -0.2) is 0 Å². The maximum Gasteiger partial charge on any atom is 0.0704 e. The molecule has 0 aliphatic heterocycles. The van der Waals surface area contributed by atoms with Crippen molar-refractivity contribution in [1.82, 2.24) is 0 Å². The third kappa shape index (κ3) is 1.58. The van der Waals surface area contributed by atoms with Gasteiger partial charge in [-0.25, -0.2) is 0 Å². The van der Waals surface area contributed by atoms with E-state index in [1.165, 1.54) is 21.5 Å². The highest BCUT2D eigenvalue weighted by molar-refractivity contribution is 9.11. The van der Waals surface area contributed by atoms with Crippen LogP contribution in [0.1, 0.15) is 34.5 Å². The van der Waals surface area contributed by atoms with E-state index in [1.807, 2.05) is 11.3 Å². The van der Waals surface area contributed by atoms with Crippen molar-refractivity contribution < 1.29 is 0 Å². The van der Waals surface area contributed by atoms with Gasteiger partial charge in [-0.2, -0.15) is 0 Å². The molecule has 0 amide bonds. The van der Waals surface area contributed by atoms with Gasteiger partial charge in [0.25, 0.3) is 0 Å². The van der Waals surface area contributed by atoms with E-state index >= 15 is 0 Å². The molecule has 0 nitrogen and oxygen atoms in total. The molecule has 2 bridgehead atoms. The van der Waals surface area contributed by atoms with Gasteiger partial charge in [0.05, 0.1) is 3.79 Å². The molecule has 1 aromatic heterocycles. The summed E-state index contributed by atoms with van der Waals surface area (Å²) in [6.45, 7) is 2.26. The Kier molecular flexibility index (Phi) is 2.59. The average molecular weight is 376 g/mol. The fourth-order valence-corrected chi connectivity index (χ4v) is 7.81. The summed E-state index contributed by atoms with van der Waals surface area (Å²) >= 11 is 9.49. The lowest BCUT2D eigenvalue weighted by Crippen LogP contribution is -2.03. The third-order valence-corrected chi connectivity index (χ3v) is 8.03. The Morgan fingerprint density at radius 2 is 1.94 bits per heavy atom. The fraction of sp³-hybridized carbons (Fsp3) is 0.714. The summed E-state index contributed by atoms with van der Waals surface area (Å²) in [5.41, 5.74) is 1.54. The molecule has 92 valence electrons. The van der Waals surface area contributed by atoms with Crippen molar-refractivity contribution in [1.29, 1.82) is 0 Å². The molecule has 5 unspecified atom stereocenters. The highest BCUT2D eigenvalue weighted by atomic mass is 79.9. The van der Waals surface area contributed by atoms with Crippen molar-refractivity contribution in [3.63, 3.8) is 0 Å². The standard InChI is InChI=1S/C14H16Br2S/c1-6-9(5-10(15)17-6)14(16)13-11-7-2-3-8(4-7)12(11)13/h5,7-8,11-14H,2-4H2,1H3. The van der Waals surface area contributed by atoms with Crippen LogP contribution in [-0.2, 0) is 0 Å². The fourth-order valence-electron chi connectivity index (χ4n) is 4.72. The number of rotatable bonds is 2. The van der Waals surface area contributed by atoms with E-state index in [9.17, 15) is 0 Å². The minimum atomic E-state index is 0.614. The molecule has 3 saturated carbocycles. The second kappa shape index (κ2) is 3.83. The largest absolute Gasteiger partial charge is 0.133 e. The normalized spacial score (nSPS) is 43.8. The highest BCUT2D eigenvalue weighted by Gasteiger charge is 2.66. The van der Waals surface area contributed by atoms with E-state index in [4.69, 9.17) is 0 Å². The summed E-state index contributed by atoms with van der Waals surface area (Å²) in [5, 5.41) is 0. The topological polar surface area (TPSA) is 0 Å². The minimum absolute atomic E-state index is 0.614. The maximum atomic E-state index is 4.00. The molecule has 3 fully saturated rings. The van der Waals surface area contributed by atoms with Crippen LogP contribution in [0.3, 0.4) is 0 Å². The van der Waals surface area contributed by atoms with Gasteiger partial charge in [0, 0.05) is 9.70 Å². The predicted molar refractivity (Wildman–Crippen MR) is 79.7 cm³/mol. The van der Waals surface area contributed by atoms with Crippen LogP contribution in [0.5, 0.6) is 0 Å². The Labute approximate surface area is 123 Å². The Hall–Kier alpha value is 0.660. The van der Waals surface area contributed by atoms with Crippen molar-refractivity contribution in [3.05, 3.63) is 20.3 Å². The lowest BCUT2D eigenvalue weighted by molar-refractivity contribution is 0.456. The molecule has 1 aromatic rings. The molecular formula is C14H16Br2S. The molecule has 0 aromatic carbocycles. The summed E-state index contributed by atoms with van der Waals surface area (Å²) in [4.78, 5) is 2.10. The van der Waals surface area contributed by atoms with Gasteiger partial charge in [-0.1, -0.05) is 15.9 Å². The highest BCUT2D eigenvalue weighted by Crippen LogP contribution is 2.73. The number of alkyl halides is 1. The molecule has 0 radical (unpaired) electrons. The summed E-state index contributed by atoms with van der Waals surface area (Å²) in [7, 11) is 0. The quantitative estimate of drug-likeness (QED) is 0.594. The van der Waals surface area contributed by atoms with Crippen molar-refractivity contribution in [2.45, 2.75) is 31.0 Å². The van der Waals surface area contributed by atoms with Crippen molar-refractivity contribution >= 4 is 43.2 Å². The number of thiophene rings is 1. The number of halogens is 2. The SMILES string of the molecule is Cc1sc(Br)cc1C(Br)C1C2C3CCC(C3)C21. The van der Waals surface area contributed by atoms with Gasteiger partial charge < -0.3 is 0 Å². The first-order valence-electron chi connectivity index (χ1n) is 6.56. The molecule has 17 heavy (non-hydrogen) atoms. The third-order valence-electron chi connectivity index (χ3n) is 5.36. The van der Waals surface area contributed by atoms with E-state index in [0.717, 1.165) is 29.6 Å². The molecule has 3 aliphatic carbocycles. The molecule has 0 N–H and O–H groups in total. The van der Waals surface area contributed by atoms with Gasteiger partial charge in [-0.3, -0.25) is 0 Å². The molecule has 3 aliphatic rings.